The lowest BCUT2D eigenvalue weighted by molar-refractivity contribution is -0.141. The molecule has 0 bridgehead atoms. The number of benzene rings is 2. The highest BCUT2D eigenvalue weighted by Gasteiger charge is 2.31. The molecule has 0 heterocycles. The molecule has 1 unspecified atom stereocenters. The number of nitrogens with one attached hydrogen (secondary N) is 1. The third-order valence-electron chi connectivity index (χ3n) is 5.77. The van der Waals surface area contributed by atoms with Crippen LogP contribution in [0.1, 0.15) is 56.6 Å². The maximum atomic E-state index is 13.4. The minimum absolute atomic E-state index is 0.0327. The highest BCUT2D eigenvalue weighted by atomic mass is 35.5. The van der Waals surface area contributed by atoms with Crippen LogP contribution < -0.4 is 5.32 Å². The molecule has 2 aromatic carbocycles. The van der Waals surface area contributed by atoms with Crippen molar-refractivity contribution in [2.75, 3.05) is 0 Å². The van der Waals surface area contributed by atoms with Crippen LogP contribution in [-0.4, -0.2) is 28.8 Å². The Morgan fingerprint density at radius 3 is 2.40 bits per heavy atom. The zero-order chi connectivity index (χ0) is 21.3. The molecule has 0 saturated heterocycles. The van der Waals surface area contributed by atoms with Crippen molar-refractivity contribution >= 4 is 23.4 Å². The molecule has 0 radical (unpaired) electrons. The van der Waals surface area contributed by atoms with Crippen molar-refractivity contribution in [1.82, 2.24) is 10.2 Å². The summed E-state index contributed by atoms with van der Waals surface area (Å²) in [6.45, 7) is 2.20. The zero-order valence-electron chi connectivity index (χ0n) is 17.6. The predicted molar refractivity (Wildman–Crippen MR) is 121 cm³/mol. The average molecular weight is 427 g/mol. The molecule has 1 aliphatic carbocycles. The quantitative estimate of drug-likeness (QED) is 0.635. The van der Waals surface area contributed by atoms with Gasteiger partial charge in [0.25, 0.3) is 0 Å². The van der Waals surface area contributed by atoms with Crippen LogP contribution in [0.2, 0.25) is 5.02 Å². The van der Waals surface area contributed by atoms with Crippen molar-refractivity contribution in [3.05, 3.63) is 70.7 Å². The van der Waals surface area contributed by atoms with Gasteiger partial charge in [-0.3, -0.25) is 9.59 Å². The smallest absolute Gasteiger partial charge is 0.243 e. The molecule has 5 heteroatoms. The maximum absolute atomic E-state index is 13.4. The summed E-state index contributed by atoms with van der Waals surface area (Å²) >= 11 is 6.16. The molecular formula is C25H31ClN2O2. The minimum atomic E-state index is -0.555. The Bertz CT molecular complexity index is 834. The van der Waals surface area contributed by atoms with Crippen molar-refractivity contribution in [2.45, 2.75) is 70.5 Å². The SMILES string of the molecule is CCC(=O)N(Cc1cccc(Cl)c1)C(Cc1ccccc1)C(=O)NC1CCCCC1. The first-order valence-electron chi connectivity index (χ1n) is 10.9. The van der Waals surface area contributed by atoms with Crippen LogP contribution in [0.25, 0.3) is 0 Å². The number of hydrogen-bond acceptors (Lipinski definition) is 2. The zero-order valence-corrected chi connectivity index (χ0v) is 18.4. The van der Waals surface area contributed by atoms with Gasteiger partial charge in [0.2, 0.25) is 11.8 Å². The van der Waals surface area contributed by atoms with E-state index in [0.29, 0.717) is 24.4 Å². The van der Waals surface area contributed by atoms with Gasteiger partial charge in [-0.05, 0) is 36.1 Å². The fraction of sp³-hybridized carbons (Fsp3) is 0.440. The number of amides is 2. The second-order valence-electron chi connectivity index (χ2n) is 8.05. The summed E-state index contributed by atoms with van der Waals surface area (Å²) in [5.41, 5.74) is 1.97. The Kier molecular flexibility index (Phi) is 8.32. The molecule has 4 nitrogen and oxygen atoms in total. The van der Waals surface area contributed by atoms with Gasteiger partial charge in [-0.1, -0.05) is 80.3 Å². The van der Waals surface area contributed by atoms with Gasteiger partial charge >= 0.3 is 0 Å². The Morgan fingerprint density at radius 2 is 1.73 bits per heavy atom. The number of rotatable bonds is 8. The van der Waals surface area contributed by atoms with Crippen LogP contribution in [0.15, 0.2) is 54.6 Å². The highest BCUT2D eigenvalue weighted by Crippen LogP contribution is 2.21. The standard InChI is InChI=1S/C25H31ClN2O2/c1-2-24(29)28(18-20-12-9-13-21(26)16-20)23(17-19-10-5-3-6-11-19)25(30)27-22-14-7-4-8-15-22/h3,5-6,9-13,16,22-23H,2,4,7-8,14-15,17-18H2,1H3,(H,27,30). The number of nitrogens with zero attached hydrogens (tertiary/aromatic N) is 1. The molecule has 1 saturated carbocycles. The molecule has 0 spiro atoms. The van der Waals surface area contributed by atoms with Crippen LogP contribution in [0.3, 0.4) is 0 Å². The normalized spacial score (nSPS) is 15.4. The van der Waals surface area contributed by atoms with E-state index < -0.39 is 6.04 Å². The first kappa shape index (κ1) is 22.4. The summed E-state index contributed by atoms with van der Waals surface area (Å²) in [4.78, 5) is 28.1. The maximum Gasteiger partial charge on any atom is 0.243 e. The molecule has 30 heavy (non-hydrogen) atoms. The predicted octanol–water partition coefficient (Wildman–Crippen LogP) is 5.14. The Labute approximate surface area is 184 Å². The molecule has 1 fully saturated rings. The Balaban J connectivity index is 1.86. The molecular weight excluding hydrogens is 396 g/mol. The van der Waals surface area contributed by atoms with Crippen molar-refractivity contribution in [1.29, 1.82) is 0 Å². The third-order valence-corrected chi connectivity index (χ3v) is 6.00. The third kappa shape index (κ3) is 6.33. The lowest BCUT2D eigenvalue weighted by Gasteiger charge is -2.33. The molecule has 1 N–H and O–H groups in total. The minimum Gasteiger partial charge on any atom is -0.352 e. The molecule has 0 aliphatic heterocycles. The van der Waals surface area contributed by atoms with Gasteiger partial charge in [0.15, 0.2) is 0 Å². The number of hydrogen-bond donors (Lipinski definition) is 1. The highest BCUT2D eigenvalue weighted by molar-refractivity contribution is 6.30. The summed E-state index contributed by atoms with van der Waals surface area (Å²) in [6.07, 6.45) is 6.39. The van der Waals surface area contributed by atoms with E-state index in [-0.39, 0.29) is 17.9 Å². The van der Waals surface area contributed by atoms with Gasteiger partial charge in [-0.15, -0.1) is 0 Å². The van der Waals surface area contributed by atoms with Crippen molar-refractivity contribution in [2.24, 2.45) is 0 Å². The van der Waals surface area contributed by atoms with E-state index in [4.69, 9.17) is 11.6 Å². The van der Waals surface area contributed by atoms with E-state index >= 15 is 0 Å². The fourth-order valence-corrected chi connectivity index (χ4v) is 4.35. The fourth-order valence-electron chi connectivity index (χ4n) is 4.13. The van der Waals surface area contributed by atoms with E-state index in [0.717, 1.165) is 36.8 Å². The lowest BCUT2D eigenvalue weighted by Crippen LogP contribution is -2.52. The van der Waals surface area contributed by atoms with Crippen LogP contribution in [0.4, 0.5) is 0 Å². The van der Waals surface area contributed by atoms with E-state index in [1.54, 1.807) is 4.90 Å². The van der Waals surface area contributed by atoms with Crippen LogP contribution in [0, 0.1) is 0 Å². The van der Waals surface area contributed by atoms with Gasteiger partial charge < -0.3 is 10.2 Å². The van der Waals surface area contributed by atoms with Gasteiger partial charge in [0, 0.05) is 30.5 Å². The summed E-state index contributed by atoms with van der Waals surface area (Å²) in [5, 5.41) is 3.86. The number of carbonyl (C=O) groups excluding carboxylic acids is 2. The van der Waals surface area contributed by atoms with Crippen molar-refractivity contribution < 1.29 is 9.59 Å². The Morgan fingerprint density at radius 1 is 1.03 bits per heavy atom. The molecule has 0 aromatic heterocycles. The summed E-state index contributed by atoms with van der Waals surface area (Å²) in [6, 6.07) is 17.1. The average Bonchev–Trinajstić information content (AvgIpc) is 2.77. The first-order valence-corrected chi connectivity index (χ1v) is 11.3. The second-order valence-corrected chi connectivity index (χ2v) is 8.49. The van der Waals surface area contributed by atoms with Gasteiger partial charge in [-0.25, -0.2) is 0 Å². The molecule has 1 atom stereocenters. The van der Waals surface area contributed by atoms with Crippen molar-refractivity contribution in [3.8, 4) is 0 Å². The van der Waals surface area contributed by atoms with Crippen LogP contribution in [0.5, 0.6) is 0 Å². The van der Waals surface area contributed by atoms with E-state index in [2.05, 4.69) is 5.32 Å². The van der Waals surface area contributed by atoms with Crippen LogP contribution in [-0.2, 0) is 22.6 Å². The summed E-state index contributed by atoms with van der Waals surface area (Å²) < 4.78 is 0. The first-order chi connectivity index (χ1) is 14.6. The second kappa shape index (κ2) is 11.2. The molecule has 3 rings (SSSR count). The van der Waals surface area contributed by atoms with Gasteiger partial charge in [0.1, 0.15) is 6.04 Å². The van der Waals surface area contributed by atoms with Gasteiger partial charge in [0.05, 0.1) is 0 Å². The van der Waals surface area contributed by atoms with Crippen molar-refractivity contribution in [3.63, 3.8) is 0 Å². The molecule has 2 aromatic rings. The van der Waals surface area contributed by atoms with E-state index in [1.807, 2.05) is 61.5 Å². The lowest BCUT2D eigenvalue weighted by atomic mass is 9.94. The summed E-state index contributed by atoms with van der Waals surface area (Å²) in [7, 11) is 0. The number of carbonyl (C=O) groups is 2. The summed E-state index contributed by atoms with van der Waals surface area (Å²) in [5.74, 6) is -0.0933. The largest absolute Gasteiger partial charge is 0.352 e. The number of halogens is 1. The molecule has 1 aliphatic rings. The molecule has 2 amide bonds. The van der Waals surface area contributed by atoms with Gasteiger partial charge in [-0.2, -0.15) is 0 Å². The molecule has 160 valence electrons. The topological polar surface area (TPSA) is 49.4 Å². The Hall–Kier alpha value is -2.33. The monoisotopic (exact) mass is 426 g/mol. The van der Waals surface area contributed by atoms with E-state index in [9.17, 15) is 9.59 Å². The van der Waals surface area contributed by atoms with Crippen LogP contribution >= 0.6 is 11.6 Å². The van der Waals surface area contributed by atoms with E-state index in [1.165, 1.54) is 6.42 Å².